The summed E-state index contributed by atoms with van der Waals surface area (Å²) in [6.07, 6.45) is 1.48. The Bertz CT molecular complexity index is 485. The lowest BCUT2D eigenvalue weighted by Gasteiger charge is -2.35. The molecule has 0 unspecified atom stereocenters. The smallest absolute Gasteiger partial charge is 0.257 e. The molecule has 2 atom stereocenters. The Kier molecular flexibility index (Phi) is 7.15. The zero-order valence-electron chi connectivity index (χ0n) is 13.8. The molecule has 5 nitrogen and oxygen atoms in total. The van der Waals surface area contributed by atoms with Crippen molar-refractivity contribution < 1.29 is 14.3 Å². The third kappa shape index (κ3) is 6.77. The van der Waals surface area contributed by atoms with E-state index in [1.807, 2.05) is 0 Å². The highest BCUT2D eigenvalue weighted by molar-refractivity contribution is 6.30. The first-order valence-electron chi connectivity index (χ1n) is 8.06. The molecule has 6 heteroatoms. The summed E-state index contributed by atoms with van der Waals surface area (Å²) in [7, 11) is 0. The number of carbonyl (C=O) groups excluding carboxylic acids is 1. The van der Waals surface area contributed by atoms with Gasteiger partial charge in [0, 0.05) is 31.2 Å². The maximum atomic E-state index is 11.7. The second-order valence-electron chi connectivity index (χ2n) is 5.96. The van der Waals surface area contributed by atoms with Gasteiger partial charge in [0.1, 0.15) is 5.75 Å². The molecular weight excluding hydrogens is 316 g/mol. The number of nitrogens with one attached hydrogen (secondary N) is 1. The largest absolute Gasteiger partial charge is 0.484 e. The van der Waals surface area contributed by atoms with Gasteiger partial charge >= 0.3 is 0 Å². The number of amides is 1. The van der Waals surface area contributed by atoms with E-state index in [2.05, 4.69) is 24.1 Å². The molecule has 0 radical (unpaired) electrons. The highest BCUT2D eigenvalue weighted by Gasteiger charge is 2.21. The Balaban J connectivity index is 1.57. The van der Waals surface area contributed by atoms with E-state index in [1.165, 1.54) is 0 Å². The van der Waals surface area contributed by atoms with Crippen LogP contribution in [-0.2, 0) is 9.53 Å². The predicted molar refractivity (Wildman–Crippen MR) is 91.0 cm³/mol. The summed E-state index contributed by atoms with van der Waals surface area (Å²) in [5, 5.41) is 3.53. The van der Waals surface area contributed by atoms with Crippen molar-refractivity contribution in [1.82, 2.24) is 10.2 Å². The fourth-order valence-corrected chi connectivity index (χ4v) is 2.85. The fraction of sp³-hybridized carbons (Fsp3) is 0.588. The zero-order valence-corrected chi connectivity index (χ0v) is 14.5. The number of ether oxygens (including phenoxy) is 2. The highest BCUT2D eigenvalue weighted by Crippen LogP contribution is 2.15. The molecule has 128 valence electrons. The SMILES string of the molecule is C[C@H]1CN(CCCNC(=O)COc2ccc(Cl)cc2)C[C@H](C)O1. The number of hydrogen-bond donors (Lipinski definition) is 1. The Morgan fingerprint density at radius 3 is 2.61 bits per heavy atom. The van der Waals surface area contributed by atoms with Gasteiger partial charge in [0.25, 0.3) is 5.91 Å². The van der Waals surface area contributed by atoms with E-state index >= 15 is 0 Å². The van der Waals surface area contributed by atoms with Crippen LogP contribution in [-0.4, -0.2) is 55.8 Å². The van der Waals surface area contributed by atoms with Crippen LogP contribution >= 0.6 is 11.6 Å². The molecule has 0 saturated carbocycles. The first-order chi connectivity index (χ1) is 11.0. The lowest BCUT2D eigenvalue weighted by atomic mass is 10.2. The summed E-state index contributed by atoms with van der Waals surface area (Å²) >= 11 is 5.79. The molecule has 0 bridgehead atoms. The number of carbonyl (C=O) groups is 1. The summed E-state index contributed by atoms with van der Waals surface area (Å²) in [5.74, 6) is 0.532. The second kappa shape index (κ2) is 9.11. The standard InChI is InChI=1S/C17H25ClN2O3/c1-13-10-20(11-14(2)23-13)9-3-8-19-17(21)12-22-16-6-4-15(18)5-7-16/h4-7,13-14H,3,8-12H2,1-2H3,(H,19,21)/t13-,14-/m0/s1. The van der Waals surface area contributed by atoms with Gasteiger partial charge in [-0.15, -0.1) is 0 Å². The summed E-state index contributed by atoms with van der Waals surface area (Å²) in [5.41, 5.74) is 0. The van der Waals surface area contributed by atoms with Gasteiger partial charge in [0.2, 0.25) is 0 Å². The monoisotopic (exact) mass is 340 g/mol. The molecule has 2 rings (SSSR count). The average Bonchev–Trinajstić information content (AvgIpc) is 2.50. The molecule has 1 amide bonds. The van der Waals surface area contributed by atoms with Gasteiger partial charge in [-0.2, -0.15) is 0 Å². The number of nitrogens with zero attached hydrogens (tertiary/aromatic N) is 1. The molecule has 1 heterocycles. The quantitative estimate of drug-likeness (QED) is 0.774. The maximum Gasteiger partial charge on any atom is 0.257 e. The molecule has 1 fully saturated rings. The topological polar surface area (TPSA) is 50.8 Å². The third-order valence-corrected chi connectivity index (χ3v) is 3.90. The van der Waals surface area contributed by atoms with Crippen molar-refractivity contribution in [2.24, 2.45) is 0 Å². The van der Waals surface area contributed by atoms with Crippen LogP contribution in [0.4, 0.5) is 0 Å². The van der Waals surface area contributed by atoms with Gasteiger partial charge in [-0.3, -0.25) is 9.69 Å². The summed E-state index contributed by atoms with van der Waals surface area (Å²) < 4.78 is 11.1. The number of halogens is 1. The molecular formula is C17H25ClN2O3. The van der Waals surface area contributed by atoms with Crippen molar-refractivity contribution in [2.75, 3.05) is 32.8 Å². The van der Waals surface area contributed by atoms with Gasteiger partial charge in [0.15, 0.2) is 6.61 Å². The summed E-state index contributed by atoms with van der Waals surface area (Å²) in [6, 6.07) is 6.96. The van der Waals surface area contributed by atoms with E-state index in [9.17, 15) is 4.79 Å². The van der Waals surface area contributed by atoms with Gasteiger partial charge in [0.05, 0.1) is 12.2 Å². The Labute approximate surface area is 142 Å². The van der Waals surface area contributed by atoms with Crippen LogP contribution in [0.25, 0.3) is 0 Å². The van der Waals surface area contributed by atoms with Crippen LogP contribution in [0.5, 0.6) is 5.75 Å². The van der Waals surface area contributed by atoms with E-state index in [0.29, 0.717) is 17.3 Å². The van der Waals surface area contributed by atoms with Crippen LogP contribution in [0.3, 0.4) is 0 Å². The van der Waals surface area contributed by atoms with Gasteiger partial charge in [-0.05, 0) is 44.5 Å². The molecule has 0 aliphatic carbocycles. The molecule has 1 aromatic carbocycles. The van der Waals surface area contributed by atoms with Crippen molar-refractivity contribution in [2.45, 2.75) is 32.5 Å². The van der Waals surface area contributed by atoms with Crippen LogP contribution < -0.4 is 10.1 Å². The van der Waals surface area contributed by atoms with Crippen molar-refractivity contribution >= 4 is 17.5 Å². The molecule has 1 saturated heterocycles. The third-order valence-electron chi connectivity index (χ3n) is 3.65. The molecule has 0 aromatic heterocycles. The first kappa shape index (κ1) is 18.0. The second-order valence-corrected chi connectivity index (χ2v) is 6.40. The van der Waals surface area contributed by atoms with Crippen molar-refractivity contribution in [3.05, 3.63) is 29.3 Å². The zero-order chi connectivity index (χ0) is 16.7. The van der Waals surface area contributed by atoms with Crippen LogP contribution in [0.15, 0.2) is 24.3 Å². The van der Waals surface area contributed by atoms with Crippen LogP contribution in [0.1, 0.15) is 20.3 Å². The molecule has 1 N–H and O–H groups in total. The molecule has 1 aliphatic heterocycles. The van der Waals surface area contributed by atoms with Crippen molar-refractivity contribution in [3.63, 3.8) is 0 Å². The Morgan fingerprint density at radius 2 is 1.96 bits per heavy atom. The minimum atomic E-state index is -0.108. The molecule has 1 aromatic rings. The summed E-state index contributed by atoms with van der Waals surface area (Å²) in [6.45, 7) is 7.75. The lowest BCUT2D eigenvalue weighted by Crippen LogP contribution is -2.46. The minimum absolute atomic E-state index is 0.0211. The van der Waals surface area contributed by atoms with E-state index < -0.39 is 0 Å². The lowest BCUT2D eigenvalue weighted by molar-refractivity contribution is -0.123. The summed E-state index contributed by atoms with van der Waals surface area (Å²) in [4.78, 5) is 14.1. The van der Waals surface area contributed by atoms with Gasteiger partial charge in [-0.25, -0.2) is 0 Å². The number of rotatable bonds is 7. The Hall–Kier alpha value is -1.30. The average molecular weight is 341 g/mol. The van der Waals surface area contributed by atoms with E-state index in [-0.39, 0.29) is 24.7 Å². The molecule has 1 aliphatic rings. The van der Waals surface area contributed by atoms with Gasteiger partial charge < -0.3 is 14.8 Å². The maximum absolute atomic E-state index is 11.7. The normalized spacial score (nSPS) is 21.9. The number of morpholine rings is 1. The van der Waals surface area contributed by atoms with Crippen molar-refractivity contribution in [3.8, 4) is 5.75 Å². The first-order valence-corrected chi connectivity index (χ1v) is 8.43. The van der Waals surface area contributed by atoms with Crippen LogP contribution in [0, 0.1) is 0 Å². The number of benzene rings is 1. The minimum Gasteiger partial charge on any atom is -0.484 e. The van der Waals surface area contributed by atoms with E-state index in [4.69, 9.17) is 21.1 Å². The van der Waals surface area contributed by atoms with Gasteiger partial charge in [-0.1, -0.05) is 11.6 Å². The van der Waals surface area contributed by atoms with E-state index in [1.54, 1.807) is 24.3 Å². The predicted octanol–water partition coefficient (Wildman–Crippen LogP) is 2.33. The van der Waals surface area contributed by atoms with Crippen molar-refractivity contribution in [1.29, 1.82) is 0 Å². The Morgan fingerprint density at radius 1 is 1.30 bits per heavy atom. The molecule has 0 spiro atoms. The van der Waals surface area contributed by atoms with E-state index in [0.717, 1.165) is 26.1 Å². The molecule has 23 heavy (non-hydrogen) atoms. The number of hydrogen-bond acceptors (Lipinski definition) is 4. The van der Waals surface area contributed by atoms with Crippen LogP contribution in [0.2, 0.25) is 5.02 Å². The fourth-order valence-electron chi connectivity index (χ4n) is 2.73. The highest BCUT2D eigenvalue weighted by atomic mass is 35.5.